The number of likely N-dealkylation sites (tertiary alicyclic amines) is 2. The molecule has 0 aromatic rings. The molecule has 0 N–H and O–H groups in total. The zero-order chi connectivity index (χ0) is 19.0. The van der Waals surface area contributed by atoms with Crippen molar-refractivity contribution in [2.24, 2.45) is 10.8 Å². The molecule has 2 nitrogen and oxygen atoms in total. The summed E-state index contributed by atoms with van der Waals surface area (Å²) in [4.78, 5) is 5.50. The van der Waals surface area contributed by atoms with Crippen LogP contribution in [0.15, 0.2) is 0 Å². The highest BCUT2D eigenvalue weighted by molar-refractivity contribution is 4.97. The van der Waals surface area contributed by atoms with Gasteiger partial charge >= 0.3 is 0 Å². The van der Waals surface area contributed by atoms with Gasteiger partial charge in [-0.2, -0.15) is 0 Å². The molecule has 27 heavy (non-hydrogen) atoms. The maximum atomic E-state index is 2.83. The summed E-state index contributed by atoms with van der Waals surface area (Å²) in [6.07, 6.45) is 22.0. The third kappa shape index (κ3) is 6.20. The van der Waals surface area contributed by atoms with Gasteiger partial charge in [-0.05, 0) is 114 Å². The van der Waals surface area contributed by atoms with E-state index in [9.17, 15) is 0 Å². The summed E-state index contributed by atoms with van der Waals surface area (Å²) in [6.45, 7) is 13.1. The van der Waals surface area contributed by atoms with Crippen molar-refractivity contribution in [1.29, 1.82) is 0 Å². The van der Waals surface area contributed by atoms with Gasteiger partial charge in [0.05, 0.1) is 0 Å². The van der Waals surface area contributed by atoms with Crippen LogP contribution in [0.25, 0.3) is 0 Å². The summed E-state index contributed by atoms with van der Waals surface area (Å²) in [7, 11) is 0. The van der Waals surface area contributed by atoms with Crippen LogP contribution >= 0.6 is 0 Å². The predicted octanol–water partition coefficient (Wildman–Crippen LogP) is 6.50. The average molecular weight is 377 g/mol. The summed E-state index contributed by atoms with van der Waals surface area (Å²) in [5.41, 5.74) is 1.43. The summed E-state index contributed by atoms with van der Waals surface area (Å²) in [5.74, 6) is 0. The van der Waals surface area contributed by atoms with Gasteiger partial charge in [-0.3, -0.25) is 0 Å². The van der Waals surface area contributed by atoms with Gasteiger partial charge in [0.1, 0.15) is 0 Å². The van der Waals surface area contributed by atoms with Crippen molar-refractivity contribution in [3.63, 3.8) is 0 Å². The Morgan fingerprint density at radius 2 is 1.22 bits per heavy atom. The first-order chi connectivity index (χ1) is 13.2. The molecule has 0 aromatic heterocycles. The zero-order valence-corrected chi connectivity index (χ0v) is 18.7. The number of unbranched alkanes of at least 4 members (excludes halogenated alkanes) is 3. The second-order valence-electron chi connectivity index (χ2n) is 10.5. The molecular weight excluding hydrogens is 328 g/mol. The Balaban J connectivity index is 1.29. The van der Waals surface area contributed by atoms with Gasteiger partial charge in [-0.15, -0.1) is 0 Å². The molecule has 1 aliphatic carbocycles. The highest BCUT2D eigenvalue weighted by Crippen LogP contribution is 2.53. The Morgan fingerprint density at radius 1 is 0.630 bits per heavy atom. The van der Waals surface area contributed by atoms with E-state index in [2.05, 4.69) is 23.6 Å². The van der Waals surface area contributed by atoms with Crippen LogP contribution in [-0.2, 0) is 0 Å². The lowest BCUT2D eigenvalue weighted by atomic mass is 9.60. The lowest BCUT2D eigenvalue weighted by Gasteiger charge is -2.45. The topological polar surface area (TPSA) is 6.48 Å². The molecule has 3 aliphatic rings. The van der Waals surface area contributed by atoms with Crippen LogP contribution in [0, 0.1) is 10.8 Å². The third-order valence-electron chi connectivity index (χ3n) is 8.35. The first-order valence-corrected chi connectivity index (χ1v) is 12.6. The summed E-state index contributed by atoms with van der Waals surface area (Å²) in [6, 6.07) is 0. The lowest BCUT2D eigenvalue weighted by Crippen LogP contribution is -2.36. The fourth-order valence-corrected chi connectivity index (χ4v) is 6.65. The number of hydrogen-bond donors (Lipinski definition) is 0. The number of hydrogen-bond acceptors (Lipinski definition) is 2. The van der Waals surface area contributed by atoms with Crippen LogP contribution in [0.5, 0.6) is 0 Å². The first-order valence-electron chi connectivity index (χ1n) is 12.6. The van der Waals surface area contributed by atoms with E-state index in [-0.39, 0.29) is 0 Å². The van der Waals surface area contributed by atoms with Crippen molar-refractivity contribution in [3.05, 3.63) is 0 Å². The van der Waals surface area contributed by atoms with E-state index in [1.54, 1.807) is 0 Å². The van der Waals surface area contributed by atoms with Crippen LogP contribution in [-0.4, -0.2) is 49.1 Å². The van der Waals surface area contributed by atoms with Crippen molar-refractivity contribution in [2.75, 3.05) is 39.3 Å². The molecule has 0 radical (unpaired) electrons. The Bertz CT molecular complexity index is 397. The van der Waals surface area contributed by atoms with Crippen LogP contribution in [0.3, 0.4) is 0 Å². The fraction of sp³-hybridized carbons (Fsp3) is 1.00. The highest BCUT2D eigenvalue weighted by atomic mass is 15.2. The van der Waals surface area contributed by atoms with E-state index < -0.39 is 0 Å². The number of rotatable bonds is 11. The number of nitrogens with zero attached hydrogens (tertiary/aromatic N) is 2. The maximum Gasteiger partial charge on any atom is 0.00385 e. The van der Waals surface area contributed by atoms with Gasteiger partial charge in [0.2, 0.25) is 0 Å². The van der Waals surface area contributed by atoms with E-state index in [0.29, 0.717) is 5.41 Å². The first kappa shape index (κ1) is 21.6. The van der Waals surface area contributed by atoms with Gasteiger partial charge < -0.3 is 9.80 Å². The molecule has 3 fully saturated rings. The molecule has 0 bridgehead atoms. The quantitative estimate of drug-likeness (QED) is 0.380. The van der Waals surface area contributed by atoms with Crippen LogP contribution < -0.4 is 0 Å². The van der Waals surface area contributed by atoms with Crippen molar-refractivity contribution in [1.82, 2.24) is 9.80 Å². The van der Waals surface area contributed by atoms with Crippen LogP contribution in [0.1, 0.15) is 110 Å². The van der Waals surface area contributed by atoms with Crippen molar-refractivity contribution >= 4 is 0 Å². The average Bonchev–Trinajstić information content (AvgIpc) is 3.32. The molecule has 1 spiro atoms. The molecule has 3 rings (SSSR count). The van der Waals surface area contributed by atoms with Crippen LogP contribution in [0.4, 0.5) is 0 Å². The maximum absolute atomic E-state index is 2.83. The summed E-state index contributed by atoms with van der Waals surface area (Å²) >= 11 is 0. The molecule has 0 unspecified atom stereocenters. The third-order valence-corrected chi connectivity index (χ3v) is 8.35. The van der Waals surface area contributed by atoms with Gasteiger partial charge in [-0.25, -0.2) is 0 Å². The minimum absolute atomic E-state index is 0.709. The summed E-state index contributed by atoms with van der Waals surface area (Å²) in [5, 5.41) is 0. The molecule has 2 aliphatic heterocycles. The Morgan fingerprint density at radius 3 is 1.81 bits per heavy atom. The second-order valence-corrected chi connectivity index (χ2v) is 10.5. The van der Waals surface area contributed by atoms with Gasteiger partial charge in [-0.1, -0.05) is 39.5 Å². The lowest BCUT2D eigenvalue weighted by molar-refractivity contribution is 0.0646. The Labute approximate surface area is 170 Å². The molecule has 2 saturated heterocycles. The van der Waals surface area contributed by atoms with E-state index in [0.717, 1.165) is 5.41 Å². The van der Waals surface area contributed by atoms with Gasteiger partial charge in [0, 0.05) is 6.54 Å². The second kappa shape index (κ2) is 10.6. The normalized spacial score (nSPS) is 25.6. The molecule has 1 saturated carbocycles. The van der Waals surface area contributed by atoms with Crippen molar-refractivity contribution in [2.45, 2.75) is 110 Å². The smallest absolute Gasteiger partial charge is 0.00385 e. The van der Waals surface area contributed by atoms with E-state index >= 15 is 0 Å². The largest absolute Gasteiger partial charge is 0.303 e. The molecule has 0 aromatic carbocycles. The van der Waals surface area contributed by atoms with Gasteiger partial charge in [0.15, 0.2) is 0 Å². The molecule has 158 valence electrons. The standard InChI is InChI=1S/C25H48N2/c1-3-11-24(12-4-2)13-15-25(16-14-24)17-22-27(23-25)21-8-6-5-7-18-26-19-9-10-20-26/h3-23H2,1-2H3. The molecule has 2 heteroatoms. The minimum Gasteiger partial charge on any atom is -0.303 e. The molecule has 2 heterocycles. The Kier molecular flexibility index (Phi) is 8.51. The molecule has 0 amide bonds. The van der Waals surface area contributed by atoms with Crippen molar-refractivity contribution < 1.29 is 0 Å². The van der Waals surface area contributed by atoms with E-state index in [4.69, 9.17) is 0 Å². The summed E-state index contributed by atoms with van der Waals surface area (Å²) < 4.78 is 0. The van der Waals surface area contributed by atoms with E-state index in [1.807, 2.05) is 0 Å². The Hall–Kier alpha value is -0.0800. The van der Waals surface area contributed by atoms with Gasteiger partial charge in [0.25, 0.3) is 0 Å². The predicted molar refractivity (Wildman–Crippen MR) is 118 cm³/mol. The highest BCUT2D eigenvalue weighted by Gasteiger charge is 2.44. The SMILES string of the molecule is CCCC1(CCC)CCC2(CCN(CCCCCCN3CCCC3)C2)CC1. The van der Waals surface area contributed by atoms with E-state index in [1.165, 1.54) is 136 Å². The fourth-order valence-electron chi connectivity index (χ4n) is 6.65. The minimum atomic E-state index is 0.709. The van der Waals surface area contributed by atoms with Crippen molar-refractivity contribution in [3.8, 4) is 0 Å². The molecular formula is C25H48N2. The van der Waals surface area contributed by atoms with Crippen LogP contribution in [0.2, 0.25) is 0 Å². The zero-order valence-electron chi connectivity index (χ0n) is 18.7. The monoisotopic (exact) mass is 376 g/mol. The molecule has 0 atom stereocenters.